The van der Waals surface area contributed by atoms with E-state index < -0.39 is 0 Å². The Morgan fingerprint density at radius 2 is 2.21 bits per heavy atom. The van der Waals surface area contributed by atoms with E-state index in [1.165, 1.54) is 0 Å². The van der Waals surface area contributed by atoms with Crippen molar-refractivity contribution in [2.45, 2.75) is 39.3 Å². The van der Waals surface area contributed by atoms with Gasteiger partial charge < -0.3 is 5.73 Å². The van der Waals surface area contributed by atoms with Gasteiger partial charge in [0.25, 0.3) is 0 Å². The number of nitrogens with zero attached hydrogens (tertiary/aromatic N) is 3. The Hall–Kier alpha value is -1.39. The zero-order valence-electron chi connectivity index (χ0n) is 11.3. The topological polar surface area (TPSA) is 56.7 Å². The quantitative estimate of drug-likeness (QED) is 0.914. The molecule has 0 amide bonds. The molecule has 0 aliphatic rings. The number of halogens is 1. The van der Waals surface area contributed by atoms with Crippen LogP contribution < -0.4 is 5.73 Å². The lowest BCUT2D eigenvalue weighted by Gasteiger charge is -2.06. The van der Waals surface area contributed by atoms with Crippen molar-refractivity contribution in [2.24, 2.45) is 5.73 Å². The largest absolute Gasteiger partial charge is 0.323 e. The molecule has 1 atom stereocenters. The van der Waals surface area contributed by atoms with Crippen LogP contribution in [0.1, 0.15) is 42.6 Å². The average Bonchev–Trinajstić information content (AvgIpc) is 2.82. The average molecular weight is 279 g/mol. The van der Waals surface area contributed by atoms with Crippen LogP contribution in [0.5, 0.6) is 0 Å². The van der Waals surface area contributed by atoms with E-state index in [1.807, 2.05) is 31.3 Å². The highest BCUT2D eigenvalue weighted by molar-refractivity contribution is 6.31. The lowest BCUT2D eigenvalue weighted by molar-refractivity contribution is 0.617. The van der Waals surface area contributed by atoms with E-state index >= 15 is 0 Å². The molecule has 1 aromatic carbocycles. The Morgan fingerprint density at radius 1 is 1.42 bits per heavy atom. The van der Waals surface area contributed by atoms with Gasteiger partial charge in [-0.25, -0.2) is 4.68 Å². The SMILES string of the molecule is CCCC(N)c1cn(Cc2ccc(C)cc2Cl)nn1. The summed E-state index contributed by atoms with van der Waals surface area (Å²) in [6.45, 7) is 4.74. The molecule has 0 aliphatic heterocycles. The molecule has 0 fully saturated rings. The molecule has 0 radical (unpaired) electrons. The molecule has 4 nitrogen and oxygen atoms in total. The van der Waals surface area contributed by atoms with Crippen molar-refractivity contribution in [3.8, 4) is 0 Å². The maximum atomic E-state index is 6.21. The van der Waals surface area contributed by atoms with Gasteiger partial charge in [-0.2, -0.15) is 0 Å². The Balaban J connectivity index is 2.11. The van der Waals surface area contributed by atoms with Crippen molar-refractivity contribution in [1.29, 1.82) is 0 Å². The molecular weight excluding hydrogens is 260 g/mol. The summed E-state index contributed by atoms with van der Waals surface area (Å²) in [5.74, 6) is 0. The van der Waals surface area contributed by atoms with E-state index in [4.69, 9.17) is 17.3 Å². The molecule has 19 heavy (non-hydrogen) atoms. The molecule has 2 N–H and O–H groups in total. The van der Waals surface area contributed by atoms with Crippen molar-refractivity contribution >= 4 is 11.6 Å². The lowest BCUT2D eigenvalue weighted by Crippen LogP contribution is -2.10. The summed E-state index contributed by atoms with van der Waals surface area (Å²) >= 11 is 6.21. The van der Waals surface area contributed by atoms with Crippen molar-refractivity contribution < 1.29 is 0 Å². The molecule has 0 saturated heterocycles. The van der Waals surface area contributed by atoms with Crippen LogP contribution in [0.2, 0.25) is 5.02 Å². The third kappa shape index (κ3) is 3.55. The van der Waals surface area contributed by atoms with Crippen molar-refractivity contribution in [3.63, 3.8) is 0 Å². The Morgan fingerprint density at radius 3 is 2.89 bits per heavy atom. The summed E-state index contributed by atoms with van der Waals surface area (Å²) < 4.78 is 1.78. The Kier molecular flexibility index (Phi) is 4.56. The number of benzene rings is 1. The minimum Gasteiger partial charge on any atom is -0.323 e. The molecule has 1 heterocycles. The fourth-order valence-corrected chi connectivity index (χ4v) is 2.27. The van der Waals surface area contributed by atoms with E-state index in [9.17, 15) is 0 Å². The molecule has 102 valence electrons. The molecule has 0 spiro atoms. The number of hydrogen-bond acceptors (Lipinski definition) is 3. The number of rotatable bonds is 5. The van der Waals surface area contributed by atoms with E-state index in [2.05, 4.69) is 17.2 Å². The van der Waals surface area contributed by atoms with Gasteiger partial charge in [0.1, 0.15) is 0 Å². The van der Waals surface area contributed by atoms with Gasteiger partial charge >= 0.3 is 0 Å². The predicted octanol–water partition coefficient (Wildman–Crippen LogP) is 3.09. The molecular formula is C14H19ClN4. The van der Waals surface area contributed by atoms with Crippen LogP contribution in [0, 0.1) is 6.92 Å². The summed E-state index contributed by atoms with van der Waals surface area (Å²) in [6, 6.07) is 5.98. The summed E-state index contributed by atoms with van der Waals surface area (Å²) in [5, 5.41) is 8.99. The van der Waals surface area contributed by atoms with Gasteiger partial charge in [-0.05, 0) is 30.5 Å². The predicted molar refractivity (Wildman–Crippen MR) is 77.1 cm³/mol. The van der Waals surface area contributed by atoms with Gasteiger partial charge in [0, 0.05) is 5.02 Å². The maximum Gasteiger partial charge on any atom is 0.0994 e. The van der Waals surface area contributed by atoms with Crippen molar-refractivity contribution in [1.82, 2.24) is 15.0 Å². The Labute approximate surface area is 118 Å². The van der Waals surface area contributed by atoms with Crippen LogP contribution in [-0.4, -0.2) is 15.0 Å². The number of aromatic nitrogens is 3. The van der Waals surface area contributed by atoms with Gasteiger partial charge in [0.2, 0.25) is 0 Å². The van der Waals surface area contributed by atoms with Crippen LogP contribution in [-0.2, 0) is 6.54 Å². The highest BCUT2D eigenvalue weighted by Crippen LogP contribution is 2.19. The standard InChI is InChI=1S/C14H19ClN4/c1-3-4-13(16)14-9-19(18-17-14)8-11-6-5-10(2)7-12(11)15/h5-7,9,13H,3-4,8,16H2,1-2H3. The van der Waals surface area contributed by atoms with Gasteiger partial charge in [0.05, 0.1) is 24.5 Å². The third-order valence-electron chi connectivity index (χ3n) is 3.08. The molecule has 2 rings (SSSR count). The van der Waals surface area contributed by atoms with Gasteiger partial charge in [0.15, 0.2) is 0 Å². The molecule has 1 unspecified atom stereocenters. The van der Waals surface area contributed by atoms with E-state index in [0.29, 0.717) is 6.54 Å². The molecule has 0 saturated carbocycles. The van der Waals surface area contributed by atoms with E-state index in [0.717, 1.165) is 34.7 Å². The molecule has 2 aromatic rings. The fraction of sp³-hybridized carbons (Fsp3) is 0.429. The first-order valence-corrected chi connectivity index (χ1v) is 6.88. The monoisotopic (exact) mass is 278 g/mol. The normalized spacial score (nSPS) is 12.6. The van der Waals surface area contributed by atoms with E-state index in [1.54, 1.807) is 4.68 Å². The zero-order valence-corrected chi connectivity index (χ0v) is 12.1. The van der Waals surface area contributed by atoms with Gasteiger partial charge in [-0.3, -0.25) is 0 Å². The number of nitrogens with two attached hydrogens (primary N) is 1. The lowest BCUT2D eigenvalue weighted by atomic mass is 10.1. The highest BCUT2D eigenvalue weighted by atomic mass is 35.5. The smallest absolute Gasteiger partial charge is 0.0994 e. The van der Waals surface area contributed by atoms with Gasteiger partial charge in [-0.15, -0.1) is 5.10 Å². The zero-order chi connectivity index (χ0) is 13.8. The Bertz CT molecular complexity index is 550. The van der Waals surface area contributed by atoms with E-state index in [-0.39, 0.29) is 6.04 Å². The van der Waals surface area contributed by atoms with Crippen LogP contribution in [0.3, 0.4) is 0 Å². The minimum atomic E-state index is -0.0350. The summed E-state index contributed by atoms with van der Waals surface area (Å²) in [7, 11) is 0. The molecule has 5 heteroatoms. The molecule has 0 bridgehead atoms. The van der Waals surface area contributed by atoms with Crippen LogP contribution in [0.15, 0.2) is 24.4 Å². The highest BCUT2D eigenvalue weighted by Gasteiger charge is 2.10. The van der Waals surface area contributed by atoms with Gasteiger partial charge in [-0.1, -0.05) is 42.3 Å². The molecule has 1 aromatic heterocycles. The maximum absolute atomic E-state index is 6.21. The molecule has 0 aliphatic carbocycles. The van der Waals surface area contributed by atoms with Crippen molar-refractivity contribution in [2.75, 3.05) is 0 Å². The first kappa shape index (κ1) is 14.0. The first-order valence-electron chi connectivity index (χ1n) is 6.50. The van der Waals surface area contributed by atoms with Crippen LogP contribution >= 0.6 is 11.6 Å². The second kappa shape index (κ2) is 6.17. The summed E-state index contributed by atoms with van der Waals surface area (Å²) in [4.78, 5) is 0. The number of aryl methyl sites for hydroxylation is 1. The van der Waals surface area contributed by atoms with Crippen LogP contribution in [0.4, 0.5) is 0 Å². The van der Waals surface area contributed by atoms with Crippen molar-refractivity contribution in [3.05, 3.63) is 46.2 Å². The summed E-state index contributed by atoms with van der Waals surface area (Å²) in [6.07, 6.45) is 3.86. The second-order valence-electron chi connectivity index (χ2n) is 4.83. The second-order valence-corrected chi connectivity index (χ2v) is 5.24. The van der Waals surface area contributed by atoms with Crippen LogP contribution in [0.25, 0.3) is 0 Å². The summed E-state index contributed by atoms with van der Waals surface area (Å²) in [5.41, 5.74) is 9.04. The fourth-order valence-electron chi connectivity index (χ4n) is 1.97. The minimum absolute atomic E-state index is 0.0350. The number of hydrogen-bond donors (Lipinski definition) is 1. The third-order valence-corrected chi connectivity index (χ3v) is 3.43. The first-order chi connectivity index (χ1) is 9.10.